The molecule has 0 saturated carbocycles. The normalized spacial score (nSPS) is 14.0. The van der Waals surface area contributed by atoms with Crippen molar-refractivity contribution in [3.05, 3.63) is 18.2 Å². The van der Waals surface area contributed by atoms with Gasteiger partial charge in [0.05, 0.1) is 18.8 Å². The second kappa shape index (κ2) is 15.8. The van der Waals surface area contributed by atoms with Gasteiger partial charge in [-0.1, -0.05) is 13.8 Å². The van der Waals surface area contributed by atoms with Gasteiger partial charge in [-0.3, -0.25) is 24.2 Å². The van der Waals surface area contributed by atoms with Gasteiger partial charge in [-0.2, -0.15) is 0 Å². The summed E-state index contributed by atoms with van der Waals surface area (Å²) < 4.78 is 0. The SMILES string of the molecule is CC(C)CC(NC(=O)C(N)CCCN=C(N)N)C(=O)NC(Cc1cnc[nH]1)C(=O)NC(CC(=O)O)C(=O)O. The lowest BCUT2D eigenvalue weighted by atomic mass is 10.0. The van der Waals surface area contributed by atoms with E-state index in [4.69, 9.17) is 22.3 Å². The molecular formula is C22H37N9O7. The van der Waals surface area contributed by atoms with Crippen molar-refractivity contribution in [1.29, 1.82) is 0 Å². The van der Waals surface area contributed by atoms with Crippen LogP contribution in [0.15, 0.2) is 17.5 Å². The highest BCUT2D eigenvalue weighted by molar-refractivity contribution is 5.94. The van der Waals surface area contributed by atoms with Gasteiger partial charge < -0.3 is 48.3 Å². The first-order valence-corrected chi connectivity index (χ1v) is 11.9. The van der Waals surface area contributed by atoms with E-state index < -0.39 is 60.2 Å². The van der Waals surface area contributed by atoms with Crippen molar-refractivity contribution >= 4 is 35.6 Å². The van der Waals surface area contributed by atoms with Gasteiger partial charge in [0, 0.05) is 24.9 Å². The van der Waals surface area contributed by atoms with Crippen LogP contribution in [0.1, 0.15) is 45.2 Å². The molecule has 0 saturated heterocycles. The highest BCUT2D eigenvalue weighted by Gasteiger charge is 2.31. The Bertz CT molecular complexity index is 978. The van der Waals surface area contributed by atoms with Crippen molar-refractivity contribution < 1.29 is 34.2 Å². The number of nitrogens with zero attached hydrogens (tertiary/aromatic N) is 2. The maximum atomic E-state index is 13.2. The molecule has 0 aliphatic heterocycles. The third-order valence-corrected chi connectivity index (χ3v) is 5.25. The molecule has 0 bridgehead atoms. The fraction of sp³-hybridized carbons (Fsp3) is 0.591. The minimum absolute atomic E-state index is 0.0315. The van der Waals surface area contributed by atoms with Gasteiger partial charge >= 0.3 is 11.9 Å². The van der Waals surface area contributed by atoms with Crippen LogP contribution in [0.4, 0.5) is 0 Å². The monoisotopic (exact) mass is 539 g/mol. The number of aliphatic carboxylic acids is 2. The van der Waals surface area contributed by atoms with E-state index in [0.717, 1.165) is 0 Å². The number of carbonyl (C=O) groups excluding carboxylic acids is 3. The molecule has 0 spiro atoms. The second-order valence-corrected chi connectivity index (χ2v) is 9.09. The summed E-state index contributed by atoms with van der Waals surface area (Å²) in [6.07, 6.45) is 2.70. The van der Waals surface area contributed by atoms with E-state index in [0.29, 0.717) is 12.1 Å². The van der Waals surface area contributed by atoms with Crippen LogP contribution in [0, 0.1) is 5.92 Å². The lowest BCUT2D eigenvalue weighted by molar-refractivity contribution is -0.147. The van der Waals surface area contributed by atoms with E-state index in [-0.39, 0.29) is 37.7 Å². The molecule has 3 amide bonds. The van der Waals surface area contributed by atoms with Crippen molar-refractivity contribution in [3.63, 3.8) is 0 Å². The third-order valence-electron chi connectivity index (χ3n) is 5.25. The van der Waals surface area contributed by atoms with Crippen LogP contribution in [0.25, 0.3) is 0 Å². The molecule has 1 aromatic heterocycles. The Labute approximate surface area is 219 Å². The molecule has 4 unspecified atom stereocenters. The first kappa shape index (κ1) is 31.8. The summed E-state index contributed by atoms with van der Waals surface area (Å²) in [7, 11) is 0. The Balaban J connectivity index is 3.00. The summed E-state index contributed by atoms with van der Waals surface area (Å²) in [6.45, 7) is 3.95. The number of hydrogen-bond donors (Lipinski definition) is 9. The zero-order valence-corrected chi connectivity index (χ0v) is 21.3. The number of carboxylic acids is 2. The number of rotatable bonds is 17. The van der Waals surface area contributed by atoms with E-state index in [9.17, 15) is 29.1 Å². The van der Waals surface area contributed by atoms with Crippen LogP contribution in [-0.4, -0.2) is 86.5 Å². The number of hydrogen-bond acceptors (Lipinski definition) is 8. The van der Waals surface area contributed by atoms with Gasteiger partial charge in [-0.05, 0) is 25.2 Å². The summed E-state index contributed by atoms with van der Waals surface area (Å²) in [4.78, 5) is 71.6. The Morgan fingerprint density at radius 3 is 2.13 bits per heavy atom. The maximum Gasteiger partial charge on any atom is 0.326 e. The third kappa shape index (κ3) is 12.2. The average Bonchev–Trinajstić information content (AvgIpc) is 3.32. The zero-order chi connectivity index (χ0) is 28.8. The second-order valence-electron chi connectivity index (χ2n) is 9.09. The zero-order valence-electron chi connectivity index (χ0n) is 21.3. The van der Waals surface area contributed by atoms with Crippen molar-refractivity contribution in [1.82, 2.24) is 25.9 Å². The van der Waals surface area contributed by atoms with Crippen LogP contribution in [0.5, 0.6) is 0 Å². The van der Waals surface area contributed by atoms with E-state index in [2.05, 4.69) is 30.9 Å². The molecule has 0 fully saturated rings. The molecule has 212 valence electrons. The molecule has 0 aromatic carbocycles. The van der Waals surface area contributed by atoms with E-state index in [1.807, 2.05) is 13.8 Å². The first-order chi connectivity index (χ1) is 17.8. The fourth-order valence-electron chi connectivity index (χ4n) is 3.38. The molecular weight excluding hydrogens is 502 g/mol. The lowest BCUT2D eigenvalue weighted by Gasteiger charge is -2.25. The quantitative estimate of drug-likeness (QED) is 0.0561. The number of aromatic amines is 1. The molecule has 0 radical (unpaired) electrons. The molecule has 1 rings (SSSR count). The number of carbonyl (C=O) groups is 5. The van der Waals surface area contributed by atoms with E-state index in [1.54, 1.807) is 0 Å². The van der Waals surface area contributed by atoms with Crippen molar-refractivity contribution in [2.24, 2.45) is 28.1 Å². The number of amides is 3. The van der Waals surface area contributed by atoms with Gasteiger partial charge in [-0.25, -0.2) is 9.78 Å². The molecule has 16 nitrogen and oxygen atoms in total. The first-order valence-electron chi connectivity index (χ1n) is 11.9. The Morgan fingerprint density at radius 2 is 1.61 bits per heavy atom. The van der Waals surface area contributed by atoms with Crippen LogP contribution in [0.3, 0.4) is 0 Å². The molecule has 0 aliphatic carbocycles. The van der Waals surface area contributed by atoms with Crippen LogP contribution < -0.4 is 33.2 Å². The largest absolute Gasteiger partial charge is 0.481 e. The van der Waals surface area contributed by atoms with Gasteiger partial charge in [0.2, 0.25) is 17.7 Å². The number of aromatic nitrogens is 2. The molecule has 1 aromatic rings. The number of nitrogens with one attached hydrogen (secondary N) is 4. The smallest absolute Gasteiger partial charge is 0.326 e. The molecule has 38 heavy (non-hydrogen) atoms. The van der Waals surface area contributed by atoms with Crippen molar-refractivity contribution in [3.8, 4) is 0 Å². The number of imidazole rings is 1. The van der Waals surface area contributed by atoms with Crippen LogP contribution in [-0.2, 0) is 30.4 Å². The topological polar surface area (TPSA) is 281 Å². The maximum absolute atomic E-state index is 13.2. The molecule has 1 heterocycles. The number of carboxylic acid groups (broad SMARTS) is 2. The Morgan fingerprint density at radius 1 is 1.00 bits per heavy atom. The predicted octanol–water partition coefficient (Wildman–Crippen LogP) is -2.61. The van der Waals surface area contributed by atoms with Crippen molar-refractivity contribution in [2.75, 3.05) is 6.54 Å². The highest BCUT2D eigenvalue weighted by atomic mass is 16.4. The number of aliphatic imine (C=N–C) groups is 1. The van der Waals surface area contributed by atoms with E-state index >= 15 is 0 Å². The summed E-state index contributed by atoms with van der Waals surface area (Å²) in [5, 5.41) is 25.5. The van der Waals surface area contributed by atoms with Crippen LogP contribution in [0.2, 0.25) is 0 Å². The van der Waals surface area contributed by atoms with Crippen LogP contribution >= 0.6 is 0 Å². The van der Waals surface area contributed by atoms with Gasteiger partial charge in [-0.15, -0.1) is 0 Å². The lowest BCUT2D eigenvalue weighted by Crippen LogP contribution is -2.58. The van der Waals surface area contributed by atoms with Gasteiger partial charge in [0.1, 0.15) is 18.1 Å². The highest BCUT2D eigenvalue weighted by Crippen LogP contribution is 2.08. The molecule has 16 heteroatoms. The average molecular weight is 540 g/mol. The summed E-state index contributed by atoms with van der Waals surface area (Å²) >= 11 is 0. The molecule has 4 atom stereocenters. The summed E-state index contributed by atoms with van der Waals surface area (Å²) in [5.41, 5.74) is 16.9. The number of guanidine groups is 1. The number of nitrogens with two attached hydrogens (primary N) is 3. The molecule has 0 aliphatic rings. The minimum atomic E-state index is -1.72. The predicted molar refractivity (Wildman–Crippen MR) is 135 cm³/mol. The summed E-state index contributed by atoms with van der Waals surface area (Å²) in [5.74, 6) is -5.30. The fourth-order valence-corrected chi connectivity index (χ4v) is 3.38. The van der Waals surface area contributed by atoms with Gasteiger partial charge in [0.25, 0.3) is 0 Å². The minimum Gasteiger partial charge on any atom is -0.481 e. The standard InChI is InChI=1S/C22H37N9O7/c1-11(2)6-14(29-18(34)13(23)4-3-5-27-22(24)25)19(35)30-15(7-12-9-26-10-28-12)20(36)31-16(21(37)38)8-17(32)33/h9-11,13-16H,3-8,23H2,1-2H3,(H,26,28)(H,29,34)(H,30,35)(H,31,36)(H,32,33)(H,37,38)(H4,24,25,27). The Hall–Kier alpha value is -4.21. The van der Waals surface area contributed by atoms with Crippen molar-refractivity contribution in [2.45, 2.75) is 70.1 Å². The molecule has 12 N–H and O–H groups in total. The van der Waals surface area contributed by atoms with E-state index in [1.165, 1.54) is 12.5 Å². The summed E-state index contributed by atoms with van der Waals surface area (Å²) in [6, 6.07) is -5.02. The van der Waals surface area contributed by atoms with Gasteiger partial charge in [0.15, 0.2) is 5.96 Å². The Kier molecular flexibility index (Phi) is 13.2. The number of H-pyrrole nitrogens is 1.